The molecule has 2 aliphatic rings. The number of carbonyl (C=O) groups excluding carboxylic acids is 1. The molecule has 2 saturated carbocycles. The summed E-state index contributed by atoms with van der Waals surface area (Å²) < 4.78 is 0. The first-order valence-corrected chi connectivity index (χ1v) is 8.05. The Labute approximate surface area is 113 Å². The molecular weight excluding hydrogens is 242 g/mol. The predicted molar refractivity (Wildman–Crippen MR) is 74.7 cm³/mol. The second kappa shape index (κ2) is 5.54. The van der Waals surface area contributed by atoms with E-state index in [0.29, 0.717) is 11.7 Å². The zero-order valence-electron chi connectivity index (χ0n) is 10.8. The lowest BCUT2D eigenvalue weighted by Crippen LogP contribution is -2.28. The molecule has 0 radical (unpaired) electrons. The quantitative estimate of drug-likeness (QED) is 0.783. The maximum absolute atomic E-state index is 11.7. The van der Waals surface area contributed by atoms with Gasteiger partial charge < -0.3 is 0 Å². The van der Waals surface area contributed by atoms with Crippen molar-refractivity contribution < 1.29 is 4.79 Å². The van der Waals surface area contributed by atoms with Crippen molar-refractivity contribution in [3.8, 4) is 0 Å². The van der Waals surface area contributed by atoms with E-state index < -0.39 is 0 Å². The number of Topliss-reactive ketones (excluding diaryl/α,β-unsaturated/α-hetero) is 1. The van der Waals surface area contributed by atoms with Gasteiger partial charge in [0.15, 0.2) is 0 Å². The fourth-order valence-corrected chi connectivity index (χ4v) is 3.62. The Hall–Kier alpha value is -0.670. The van der Waals surface area contributed by atoms with E-state index in [9.17, 15) is 4.79 Å². The number of carbonyl (C=O) groups is 1. The summed E-state index contributed by atoms with van der Waals surface area (Å²) in [6, 6.07) is 3.02. The fourth-order valence-electron chi connectivity index (χ4n) is 2.96. The number of thiophene rings is 1. The van der Waals surface area contributed by atoms with Gasteiger partial charge in [-0.2, -0.15) is 11.3 Å². The number of rotatable bonds is 6. The summed E-state index contributed by atoms with van der Waals surface area (Å²) in [5.41, 5.74) is 1.43. The molecule has 0 aliphatic heterocycles. The summed E-state index contributed by atoms with van der Waals surface area (Å²) >= 11 is 1.78. The largest absolute Gasteiger partial charge is 0.299 e. The van der Waals surface area contributed by atoms with Gasteiger partial charge in [0.2, 0.25) is 0 Å². The molecule has 0 spiro atoms. The smallest absolute Gasteiger partial charge is 0.136 e. The molecule has 2 aliphatic carbocycles. The Bertz CT molecular complexity index is 397. The highest BCUT2D eigenvalue weighted by molar-refractivity contribution is 7.07. The van der Waals surface area contributed by atoms with Crippen molar-refractivity contribution in [2.24, 2.45) is 5.92 Å². The van der Waals surface area contributed by atoms with Crippen molar-refractivity contribution in [2.75, 3.05) is 6.54 Å². The van der Waals surface area contributed by atoms with Crippen molar-refractivity contribution >= 4 is 17.1 Å². The van der Waals surface area contributed by atoms with E-state index in [0.717, 1.165) is 44.8 Å². The molecule has 18 heavy (non-hydrogen) atoms. The molecule has 1 atom stereocenters. The Kier molecular flexibility index (Phi) is 3.80. The third-order valence-corrected chi connectivity index (χ3v) is 4.96. The molecule has 2 nitrogen and oxygen atoms in total. The van der Waals surface area contributed by atoms with E-state index in [2.05, 4.69) is 21.7 Å². The first-order valence-electron chi connectivity index (χ1n) is 7.11. The minimum Gasteiger partial charge on any atom is -0.299 e. The SMILES string of the molecule is O=C1CCCC1CCN(Cc1ccsc1)C1CC1. The van der Waals surface area contributed by atoms with E-state index in [4.69, 9.17) is 0 Å². The zero-order valence-corrected chi connectivity index (χ0v) is 11.6. The molecule has 0 amide bonds. The van der Waals surface area contributed by atoms with Crippen LogP contribution in [-0.4, -0.2) is 23.3 Å². The highest BCUT2D eigenvalue weighted by atomic mass is 32.1. The summed E-state index contributed by atoms with van der Waals surface area (Å²) in [6.07, 6.45) is 6.87. The topological polar surface area (TPSA) is 20.3 Å². The Morgan fingerprint density at radius 1 is 1.33 bits per heavy atom. The van der Waals surface area contributed by atoms with Crippen LogP contribution in [0.5, 0.6) is 0 Å². The van der Waals surface area contributed by atoms with Crippen LogP contribution in [0.25, 0.3) is 0 Å². The van der Waals surface area contributed by atoms with E-state index in [1.54, 1.807) is 11.3 Å². The van der Waals surface area contributed by atoms with Crippen LogP contribution in [0.4, 0.5) is 0 Å². The van der Waals surface area contributed by atoms with Crippen molar-refractivity contribution in [1.29, 1.82) is 0 Å². The minimum atomic E-state index is 0.369. The molecule has 0 bridgehead atoms. The second-order valence-corrected chi connectivity index (χ2v) is 6.46. The molecule has 0 N–H and O–H groups in total. The van der Waals surface area contributed by atoms with Crippen LogP contribution in [0.15, 0.2) is 16.8 Å². The van der Waals surface area contributed by atoms with Gasteiger partial charge in [0.05, 0.1) is 0 Å². The van der Waals surface area contributed by atoms with Crippen molar-refractivity contribution in [3.05, 3.63) is 22.4 Å². The highest BCUT2D eigenvalue weighted by Crippen LogP contribution is 2.31. The molecule has 1 aromatic rings. The van der Waals surface area contributed by atoms with Gasteiger partial charge in [0.1, 0.15) is 5.78 Å². The van der Waals surface area contributed by atoms with E-state index in [1.165, 1.54) is 18.4 Å². The second-order valence-electron chi connectivity index (χ2n) is 5.68. The summed E-state index contributed by atoms with van der Waals surface area (Å²) in [6.45, 7) is 2.19. The van der Waals surface area contributed by atoms with Gasteiger partial charge in [0, 0.05) is 24.9 Å². The molecule has 98 valence electrons. The minimum absolute atomic E-state index is 0.369. The lowest BCUT2D eigenvalue weighted by atomic mass is 10.0. The van der Waals surface area contributed by atoms with Crippen LogP contribution in [0.2, 0.25) is 0 Å². The van der Waals surface area contributed by atoms with Crippen LogP contribution < -0.4 is 0 Å². The Balaban J connectivity index is 1.52. The van der Waals surface area contributed by atoms with Gasteiger partial charge >= 0.3 is 0 Å². The van der Waals surface area contributed by atoms with Gasteiger partial charge in [0.25, 0.3) is 0 Å². The Morgan fingerprint density at radius 3 is 2.83 bits per heavy atom. The van der Waals surface area contributed by atoms with E-state index >= 15 is 0 Å². The van der Waals surface area contributed by atoms with Crippen LogP contribution in [0.1, 0.15) is 44.1 Å². The standard InChI is InChI=1S/C15H21NOS/c17-15-3-1-2-13(15)6-8-16(14-4-5-14)10-12-7-9-18-11-12/h7,9,11,13-14H,1-6,8,10H2. The number of hydrogen-bond acceptors (Lipinski definition) is 3. The third-order valence-electron chi connectivity index (χ3n) is 4.22. The third kappa shape index (κ3) is 3.01. The normalized spacial score (nSPS) is 24.1. The maximum atomic E-state index is 11.7. The molecule has 3 heteroatoms. The van der Waals surface area contributed by atoms with Crippen LogP contribution in [0, 0.1) is 5.92 Å². The number of hydrogen-bond donors (Lipinski definition) is 0. The molecule has 1 heterocycles. The number of nitrogens with zero attached hydrogens (tertiary/aromatic N) is 1. The molecule has 2 fully saturated rings. The lowest BCUT2D eigenvalue weighted by molar-refractivity contribution is -0.120. The summed E-state index contributed by atoms with van der Waals surface area (Å²) in [5.74, 6) is 0.884. The summed E-state index contributed by atoms with van der Waals surface area (Å²) in [4.78, 5) is 14.3. The van der Waals surface area contributed by atoms with Gasteiger partial charge in [-0.15, -0.1) is 0 Å². The molecule has 0 saturated heterocycles. The highest BCUT2D eigenvalue weighted by Gasteiger charge is 2.31. The molecule has 3 rings (SSSR count). The van der Waals surface area contributed by atoms with E-state index in [-0.39, 0.29) is 0 Å². The summed E-state index contributed by atoms with van der Waals surface area (Å²) in [5, 5.41) is 4.40. The monoisotopic (exact) mass is 263 g/mol. The van der Waals surface area contributed by atoms with Crippen molar-refractivity contribution in [1.82, 2.24) is 4.90 Å². The fraction of sp³-hybridized carbons (Fsp3) is 0.667. The zero-order chi connectivity index (χ0) is 12.4. The predicted octanol–water partition coefficient (Wildman–Crippen LogP) is 3.47. The van der Waals surface area contributed by atoms with Gasteiger partial charge in [-0.05, 0) is 61.0 Å². The summed E-state index contributed by atoms with van der Waals surface area (Å²) in [7, 11) is 0. The molecule has 1 aromatic heterocycles. The van der Waals surface area contributed by atoms with Crippen molar-refractivity contribution in [3.63, 3.8) is 0 Å². The van der Waals surface area contributed by atoms with Crippen LogP contribution in [-0.2, 0) is 11.3 Å². The van der Waals surface area contributed by atoms with Gasteiger partial charge in [-0.3, -0.25) is 9.69 Å². The average Bonchev–Trinajstić information content (AvgIpc) is 2.93. The van der Waals surface area contributed by atoms with Crippen molar-refractivity contribution in [2.45, 2.75) is 51.1 Å². The van der Waals surface area contributed by atoms with Gasteiger partial charge in [-0.1, -0.05) is 0 Å². The molecule has 1 unspecified atom stereocenters. The average molecular weight is 263 g/mol. The number of ketones is 1. The van der Waals surface area contributed by atoms with Crippen LogP contribution in [0.3, 0.4) is 0 Å². The van der Waals surface area contributed by atoms with E-state index in [1.807, 2.05) is 0 Å². The first kappa shape index (κ1) is 12.4. The maximum Gasteiger partial charge on any atom is 0.136 e. The molecule has 0 aromatic carbocycles. The van der Waals surface area contributed by atoms with Gasteiger partial charge in [-0.25, -0.2) is 0 Å². The lowest BCUT2D eigenvalue weighted by Gasteiger charge is -2.22. The first-order chi connectivity index (χ1) is 8.83. The molecular formula is C15H21NOS. The Morgan fingerprint density at radius 2 is 2.22 bits per heavy atom. The van der Waals surface area contributed by atoms with Crippen LogP contribution >= 0.6 is 11.3 Å².